The molecule has 1 rings (SSSR count). The van der Waals surface area contributed by atoms with E-state index in [2.05, 4.69) is 13.8 Å². The molecule has 0 fully saturated rings. The van der Waals surface area contributed by atoms with E-state index < -0.39 is 5.97 Å². The number of aromatic carboxylic acids is 1. The van der Waals surface area contributed by atoms with Crippen molar-refractivity contribution in [2.45, 2.75) is 26.7 Å². The van der Waals surface area contributed by atoms with E-state index in [4.69, 9.17) is 5.11 Å². The van der Waals surface area contributed by atoms with Crippen molar-refractivity contribution in [2.24, 2.45) is 13.0 Å². The van der Waals surface area contributed by atoms with Crippen molar-refractivity contribution < 1.29 is 14.7 Å². The number of carbonyl (C=O) groups is 2. The summed E-state index contributed by atoms with van der Waals surface area (Å²) in [6.07, 6.45) is 2.88. The Bertz CT molecular complexity index is 404. The van der Waals surface area contributed by atoms with Crippen LogP contribution in [0.15, 0.2) is 12.3 Å². The van der Waals surface area contributed by atoms with Crippen molar-refractivity contribution in [3.05, 3.63) is 23.5 Å². The summed E-state index contributed by atoms with van der Waals surface area (Å²) in [7, 11) is 1.63. The number of carboxylic acid groups (broad SMARTS) is 1. The van der Waals surface area contributed by atoms with Crippen LogP contribution in [0.3, 0.4) is 0 Å². The number of carboxylic acids is 1. The predicted octanol–water partition coefficient (Wildman–Crippen LogP) is 2.34. The zero-order valence-corrected chi connectivity index (χ0v) is 9.86. The number of nitrogens with zero attached hydrogens (tertiary/aromatic N) is 1. The van der Waals surface area contributed by atoms with Gasteiger partial charge in [-0.1, -0.05) is 13.8 Å². The molecule has 0 unspecified atom stereocenters. The monoisotopic (exact) mass is 223 g/mol. The first kappa shape index (κ1) is 12.5. The molecule has 88 valence electrons. The Morgan fingerprint density at radius 1 is 1.44 bits per heavy atom. The van der Waals surface area contributed by atoms with Crippen molar-refractivity contribution >= 4 is 11.8 Å². The van der Waals surface area contributed by atoms with Crippen LogP contribution in [0.25, 0.3) is 0 Å². The topological polar surface area (TPSA) is 59.3 Å². The Morgan fingerprint density at radius 3 is 2.50 bits per heavy atom. The van der Waals surface area contributed by atoms with Crippen LogP contribution in [0.1, 0.15) is 47.5 Å². The molecular weight excluding hydrogens is 206 g/mol. The van der Waals surface area contributed by atoms with E-state index in [0.717, 1.165) is 6.42 Å². The molecule has 0 saturated heterocycles. The molecule has 1 N–H and O–H groups in total. The van der Waals surface area contributed by atoms with E-state index >= 15 is 0 Å². The molecule has 0 saturated carbocycles. The van der Waals surface area contributed by atoms with Crippen LogP contribution in [0.4, 0.5) is 0 Å². The van der Waals surface area contributed by atoms with Gasteiger partial charge in [-0.25, -0.2) is 4.79 Å². The van der Waals surface area contributed by atoms with Gasteiger partial charge >= 0.3 is 5.97 Å². The van der Waals surface area contributed by atoms with E-state index in [1.807, 2.05) is 0 Å². The fourth-order valence-corrected chi connectivity index (χ4v) is 1.49. The van der Waals surface area contributed by atoms with Gasteiger partial charge in [-0.3, -0.25) is 4.79 Å². The van der Waals surface area contributed by atoms with Gasteiger partial charge in [0.2, 0.25) is 0 Å². The third kappa shape index (κ3) is 2.95. The zero-order chi connectivity index (χ0) is 12.3. The number of Topliss-reactive ketones (excluding diaryl/α,β-unsaturated/α-hetero) is 1. The molecule has 1 aromatic rings. The summed E-state index contributed by atoms with van der Waals surface area (Å²) in [6.45, 7) is 4.11. The Hall–Kier alpha value is -1.58. The van der Waals surface area contributed by atoms with Gasteiger partial charge in [0, 0.05) is 25.2 Å². The SMILES string of the molecule is CC(C)CCC(=O)c1cc(C(=O)O)n(C)c1. The highest BCUT2D eigenvalue weighted by atomic mass is 16.4. The lowest BCUT2D eigenvalue weighted by Crippen LogP contribution is -2.02. The van der Waals surface area contributed by atoms with Crippen molar-refractivity contribution in [2.75, 3.05) is 0 Å². The van der Waals surface area contributed by atoms with E-state index in [1.54, 1.807) is 13.2 Å². The highest BCUT2D eigenvalue weighted by Crippen LogP contribution is 2.13. The average Bonchev–Trinajstić information content (AvgIpc) is 2.56. The summed E-state index contributed by atoms with van der Waals surface area (Å²) in [5.74, 6) is -0.520. The number of ketones is 1. The second-order valence-corrected chi connectivity index (χ2v) is 4.39. The summed E-state index contributed by atoms with van der Waals surface area (Å²) in [6, 6.07) is 1.44. The highest BCUT2D eigenvalue weighted by Gasteiger charge is 2.14. The standard InChI is InChI=1S/C12H17NO3/c1-8(2)4-5-11(14)9-6-10(12(15)16)13(3)7-9/h6-8H,4-5H2,1-3H3,(H,15,16). The summed E-state index contributed by atoms with van der Waals surface area (Å²) < 4.78 is 1.46. The van der Waals surface area contributed by atoms with Crippen LogP contribution in [-0.2, 0) is 7.05 Å². The molecule has 4 heteroatoms. The van der Waals surface area contributed by atoms with Crippen molar-refractivity contribution in [3.63, 3.8) is 0 Å². The van der Waals surface area contributed by atoms with Crippen LogP contribution in [0, 0.1) is 5.92 Å². The first-order valence-electron chi connectivity index (χ1n) is 5.34. The lowest BCUT2D eigenvalue weighted by molar-refractivity contribution is 0.0686. The van der Waals surface area contributed by atoms with Gasteiger partial charge in [0.1, 0.15) is 5.69 Å². The molecule has 0 aliphatic rings. The van der Waals surface area contributed by atoms with Crippen molar-refractivity contribution in [1.29, 1.82) is 0 Å². The van der Waals surface area contributed by atoms with Crippen LogP contribution in [-0.4, -0.2) is 21.4 Å². The highest BCUT2D eigenvalue weighted by molar-refractivity contribution is 5.98. The molecule has 4 nitrogen and oxygen atoms in total. The lowest BCUT2D eigenvalue weighted by Gasteiger charge is -2.01. The second-order valence-electron chi connectivity index (χ2n) is 4.39. The molecule has 0 aliphatic carbocycles. The third-order valence-electron chi connectivity index (χ3n) is 2.49. The van der Waals surface area contributed by atoms with Gasteiger partial charge in [-0.15, -0.1) is 0 Å². The van der Waals surface area contributed by atoms with E-state index in [-0.39, 0.29) is 11.5 Å². The summed E-state index contributed by atoms with van der Waals surface area (Å²) >= 11 is 0. The fourth-order valence-electron chi connectivity index (χ4n) is 1.49. The summed E-state index contributed by atoms with van der Waals surface area (Å²) in [5, 5.41) is 8.85. The summed E-state index contributed by atoms with van der Waals surface area (Å²) in [4.78, 5) is 22.5. The van der Waals surface area contributed by atoms with Crippen LogP contribution in [0.5, 0.6) is 0 Å². The quantitative estimate of drug-likeness (QED) is 0.779. The number of hydrogen-bond donors (Lipinski definition) is 1. The zero-order valence-electron chi connectivity index (χ0n) is 9.86. The van der Waals surface area contributed by atoms with Crippen LogP contribution in [0.2, 0.25) is 0 Å². The minimum atomic E-state index is -1.01. The van der Waals surface area contributed by atoms with Crippen molar-refractivity contribution in [3.8, 4) is 0 Å². The lowest BCUT2D eigenvalue weighted by atomic mass is 10.0. The first-order chi connectivity index (χ1) is 7.41. The Labute approximate surface area is 94.9 Å². The normalized spacial score (nSPS) is 10.8. The van der Waals surface area contributed by atoms with Gasteiger partial charge < -0.3 is 9.67 Å². The van der Waals surface area contributed by atoms with Gasteiger partial charge in [0.25, 0.3) is 0 Å². The molecule has 0 radical (unpaired) electrons. The minimum Gasteiger partial charge on any atom is -0.477 e. The Kier molecular flexibility index (Phi) is 3.88. The maximum absolute atomic E-state index is 11.7. The molecule has 0 aliphatic heterocycles. The smallest absolute Gasteiger partial charge is 0.352 e. The Morgan fingerprint density at radius 2 is 2.06 bits per heavy atom. The molecule has 1 heterocycles. The molecule has 16 heavy (non-hydrogen) atoms. The minimum absolute atomic E-state index is 0.0109. The van der Waals surface area contributed by atoms with Crippen LogP contribution >= 0.6 is 0 Å². The Balaban J connectivity index is 2.77. The largest absolute Gasteiger partial charge is 0.477 e. The van der Waals surface area contributed by atoms with Gasteiger partial charge in [0.15, 0.2) is 5.78 Å². The van der Waals surface area contributed by atoms with Gasteiger partial charge in [-0.05, 0) is 18.4 Å². The molecule has 0 spiro atoms. The number of aromatic nitrogens is 1. The molecule has 0 atom stereocenters. The van der Waals surface area contributed by atoms with Gasteiger partial charge in [0.05, 0.1) is 0 Å². The number of rotatable bonds is 5. The average molecular weight is 223 g/mol. The fraction of sp³-hybridized carbons (Fsp3) is 0.500. The molecule has 0 amide bonds. The van der Waals surface area contributed by atoms with E-state index in [9.17, 15) is 9.59 Å². The molecule has 0 aromatic carbocycles. The maximum Gasteiger partial charge on any atom is 0.352 e. The van der Waals surface area contributed by atoms with E-state index in [1.165, 1.54) is 10.6 Å². The number of aryl methyl sites for hydroxylation is 1. The molecular formula is C12H17NO3. The molecule has 0 bridgehead atoms. The number of carbonyl (C=O) groups excluding carboxylic acids is 1. The van der Waals surface area contributed by atoms with Gasteiger partial charge in [-0.2, -0.15) is 0 Å². The first-order valence-corrected chi connectivity index (χ1v) is 5.34. The van der Waals surface area contributed by atoms with E-state index in [0.29, 0.717) is 17.9 Å². The maximum atomic E-state index is 11.7. The van der Waals surface area contributed by atoms with Crippen LogP contribution < -0.4 is 0 Å². The summed E-state index contributed by atoms with van der Waals surface area (Å²) in [5.41, 5.74) is 0.633. The number of hydrogen-bond acceptors (Lipinski definition) is 2. The second kappa shape index (κ2) is 4.96. The molecule has 1 aromatic heterocycles. The van der Waals surface area contributed by atoms with Crippen molar-refractivity contribution in [1.82, 2.24) is 4.57 Å². The predicted molar refractivity (Wildman–Crippen MR) is 60.8 cm³/mol. The third-order valence-corrected chi connectivity index (χ3v) is 2.49.